The molecule has 1 atom stereocenters. The number of aryl methyl sites for hydroxylation is 2. The molecule has 1 unspecified atom stereocenters. The van der Waals surface area contributed by atoms with Gasteiger partial charge in [0.25, 0.3) is 0 Å². The quantitative estimate of drug-likeness (QED) is 0.693. The zero-order chi connectivity index (χ0) is 21.0. The van der Waals surface area contributed by atoms with E-state index >= 15 is 0 Å². The lowest BCUT2D eigenvalue weighted by molar-refractivity contribution is -0.136. The number of anilines is 2. The number of nitrogens with one attached hydrogen (secondary N) is 3. The van der Waals surface area contributed by atoms with Gasteiger partial charge in [0.2, 0.25) is 5.91 Å². The van der Waals surface area contributed by atoms with Gasteiger partial charge in [-0.05, 0) is 73.9 Å². The maximum atomic E-state index is 12.4. The van der Waals surface area contributed by atoms with Crippen molar-refractivity contribution in [3.63, 3.8) is 0 Å². The summed E-state index contributed by atoms with van der Waals surface area (Å²) in [6.07, 6.45) is 4.59. The van der Waals surface area contributed by atoms with Crippen molar-refractivity contribution in [1.29, 1.82) is 0 Å². The molecular formula is C23H27N3O3. The summed E-state index contributed by atoms with van der Waals surface area (Å²) in [4.78, 5) is 36.1. The molecule has 0 saturated carbocycles. The van der Waals surface area contributed by atoms with Crippen molar-refractivity contribution in [1.82, 2.24) is 5.32 Å². The van der Waals surface area contributed by atoms with Crippen molar-refractivity contribution in [3.8, 4) is 0 Å². The van der Waals surface area contributed by atoms with Crippen LogP contribution < -0.4 is 16.0 Å². The lowest BCUT2D eigenvalue weighted by atomic mass is 9.89. The highest BCUT2D eigenvalue weighted by Crippen LogP contribution is 2.25. The molecule has 1 aliphatic carbocycles. The number of carbonyl (C=O) groups is 3. The second-order valence-corrected chi connectivity index (χ2v) is 7.54. The third kappa shape index (κ3) is 5.02. The second kappa shape index (κ2) is 8.90. The van der Waals surface area contributed by atoms with Gasteiger partial charge in [-0.3, -0.25) is 14.4 Å². The van der Waals surface area contributed by atoms with Crippen LogP contribution in [-0.4, -0.2) is 17.7 Å². The predicted molar refractivity (Wildman–Crippen MR) is 114 cm³/mol. The Bertz CT molecular complexity index is 952. The van der Waals surface area contributed by atoms with E-state index in [2.05, 4.69) is 28.1 Å². The Labute approximate surface area is 171 Å². The highest BCUT2D eigenvalue weighted by Gasteiger charge is 2.19. The maximum absolute atomic E-state index is 12.4. The van der Waals surface area contributed by atoms with Crippen LogP contribution in [0.3, 0.4) is 0 Å². The molecule has 1 aliphatic rings. The van der Waals surface area contributed by atoms with E-state index in [0.717, 1.165) is 18.4 Å². The Morgan fingerprint density at radius 1 is 0.897 bits per heavy atom. The first-order chi connectivity index (χ1) is 13.8. The van der Waals surface area contributed by atoms with Crippen molar-refractivity contribution in [2.75, 3.05) is 10.6 Å². The van der Waals surface area contributed by atoms with Crippen molar-refractivity contribution >= 4 is 29.1 Å². The minimum Gasteiger partial charge on any atom is -0.341 e. The molecule has 0 aromatic heterocycles. The molecule has 0 fully saturated rings. The molecule has 2 aromatic rings. The van der Waals surface area contributed by atoms with Crippen molar-refractivity contribution in [2.45, 2.75) is 52.5 Å². The van der Waals surface area contributed by atoms with E-state index in [0.29, 0.717) is 16.9 Å². The molecule has 0 aliphatic heterocycles. The largest absolute Gasteiger partial charge is 0.341 e. The summed E-state index contributed by atoms with van der Waals surface area (Å²) in [6, 6.07) is 11.2. The Morgan fingerprint density at radius 2 is 1.55 bits per heavy atom. The standard InChI is InChI=1S/C23H27N3O3/c1-14-20(25-16(3)27)9-6-10-21(14)26-23(29)22(28)24-15(2)18-12-11-17-7-4-5-8-19(17)13-18/h6,9-13,15H,4-5,7-8H2,1-3H3,(H,24,28)(H,25,27)(H,26,29). The summed E-state index contributed by atoms with van der Waals surface area (Å²) in [6.45, 7) is 5.06. The normalized spacial score (nSPS) is 13.8. The molecule has 3 rings (SSSR count). The molecule has 6 heteroatoms. The predicted octanol–water partition coefficient (Wildman–Crippen LogP) is 3.65. The van der Waals surface area contributed by atoms with Gasteiger partial charge in [0.15, 0.2) is 0 Å². The average Bonchev–Trinajstić information content (AvgIpc) is 2.70. The Hall–Kier alpha value is -3.15. The molecule has 152 valence electrons. The SMILES string of the molecule is CC(=O)Nc1cccc(NC(=O)C(=O)NC(C)c2ccc3c(c2)CCCC3)c1C. The highest BCUT2D eigenvalue weighted by molar-refractivity contribution is 6.39. The zero-order valence-electron chi connectivity index (χ0n) is 17.1. The van der Waals surface area contributed by atoms with Gasteiger partial charge >= 0.3 is 11.8 Å². The molecule has 3 N–H and O–H groups in total. The molecule has 3 amide bonds. The van der Waals surface area contributed by atoms with Crippen LogP contribution >= 0.6 is 0 Å². The van der Waals surface area contributed by atoms with Crippen LogP contribution in [0.4, 0.5) is 11.4 Å². The topological polar surface area (TPSA) is 87.3 Å². The molecule has 2 aromatic carbocycles. The van der Waals surface area contributed by atoms with Gasteiger partial charge in [-0.2, -0.15) is 0 Å². The molecule has 0 heterocycles. The van der Waals surface area contributed by atoms with Crippen molar-refractivity contribution < 1.29 is 14.4 Å². The summed E-state index contributed by atoms with van der Waals surface area (Å²) in [7, 11) is 0. The van der Waals surface area contributed by atoms with E-state index < -0.39 is 11.8 Å². The van der Waals surface area contributed by atoms with Gasteiger partial charge in [0.1, 0.15) is 0 Å². The monoisotopic (exact) mass is 393 g/mol. The number of hydrogen-bond acceptors (Lipinski definition) is 3. The van der Waals surface area contributed by atoms with Crippen LogP contribution in [0.5, 0.6) is 0 Å². The van der Waals surface area contributed by atoms with Gasteiger partial charge < -0.3 is 16.0 Å². The fraction of sp³-hybridized carbons (Fsp3) is 0.348. The number of carbonyl (C=O) groups excluding carboxylic acids is 3. The van der Waals surface area contributed by atoms with E-state index in [9.17, 15) is 14.4 Å². The van der Waals surface area contributed by atoms with E-state index in [1.807, 2.05) is 13.0 Å². The highest BCUT2D eigenvalue weighted by atomic mass is 16.2. The molecule has 0 bridgehead atoms. The second-order valence-electron chi connectivity index (χ2n) is 7.54. The van der Waals surface area contributed by atoms with Crippen LogP contribution in [0, 0.1) is 6.92 Å². The van der Waals surface area contributed by atoms with Gasteiger partial charge in [-0.15, -0.1) is 0 Å². The third-order valence-electron chi connectivity index (χ3n) is 5.32. The Morgan fingerprint density at radius 3 is 2.24 bits per heavy atom. The fourth-order valence-corrected chi connectivity index (χ4v) is 3.64. The summed E-state index contributed by atoms with van der Waals surface area (Å²) in [5.41, 5.74) is 5.48. The molecule has 0 radical (unpaired) electrons. The molecular weight excluding hydrogens is 366 g/mol. The third-order valence-corrected chi connectivity index (χ3v) is 5.32. The van der Waals surface area contributed by atoms with E-state index in [4.69, 9.17) is 0 Å². The number of benzene rings is 2. The Balaban J connectivity index is 1.65. The van der Waals surface area contributed by atoms with Crippen molar-refractivity contribution in [2.24, 2.45) is 0 Å². The minimum atomic E-state index is -0.738. The number of hydrogen-bond donors (Lipinski definition) is 3. The first-order valence-corrected chi connectivity index (χ1v) is 9.96. The van der Waals surface area contributed by atoms with Gasteiger partial charge in [-0.1, -0.05) is 24.3 Å². The van der Waals surface area contributed by atoms with Crippen LogP contribution in [0.15, 0.2) is 36.4 Å². The lowest BCUT2D eigenvalue weighted by Gasteiger charge is -2.20. The number of amides is 3. The number of rotatable bonds is 4. The molecule has 6 nitrogen and oxygen atoms in total. The van der Waals surface area contributed by atoms with Crippen LogP contribution in [0.2, 0.25) is 0 Å². The first-order valence-electron chi connectivity index (χ1n) is 9.96. The molecule has 0 spiro atoms. The number of fused-ring (bicyclic) bond motifs is 1. The average molecular weight is 393 g/mol. The van der Waals surface area contributed by atoms with Crippen molar-refractivity contribution in [3.05, 3.63) is 58.7 Å². The zero-order valence-corrected chi connectivity index (χ0v) is 17.1. The fourth-order valence-electron chi connectivity index (χ4n) is 3.64. The van der Waals surface area contributed by atoms with Gasteiger partial charge in [0.05, 0.1) is 6.04 Å². The lowest BCUT2D eigenvalue weighted by Crippen LogP contribution is -2.37. The van der Waals surface area contributed by atoms with Crippen LogP contribution in [0.25, 0.3) is 0 Å². The van der Waals surface area contributed by atoms with E-state index in [1.54, 1.807) is 25.1 Å². The smallest absolute Gasteiger partial charge is 0.313 e. The summed E-state index contributed by atoms with van der Waals surface area (Å²) in [5.74, 6) is -1.63. The molecule has 29 heavy (non-hydrogen) atoms. The van der Waals surface area contributed by atoms with Gasteiger partial charge in [0, 0.05) is 18.3 Å². The summed E-state index contributed by atoms with van der Waals surface area (Å²) >= 11 is 0. The van der Waals surface area contributed by atoms with E-state index in [1.165, 1.54) is 30.9 Å². The van der Waals surface area contributed by atoms with Gasteiger partial charge in [-0.25, -0.2) is 0 Å². The van der Waals surface area contributed by atoms with Crippen LogP contribution in [0.1, 0.15) is 55.0 Å². The maximum Gasteiger partial charge on any atom is 0.313 e. The summed E-state index contributed by atoms with van der Waals surface area (Å²) in [5, 5.41) is 8.10. The Kier molecular flexibility index (Phi) is 6.32. The van der Waals surface area contributed by atoms with E-state index in [-0.39, 0.29) is 11.9 Å². The molecule has 0 saturated heterocycles. The summed E-state index contributed by atoms with van der Waals surface area (Å²) < 4.78 is 0. The minimum absolute atomic E-state index is 0.201. The van der Waals surface area contributed by atoms with Crippen LogP contribution in [-0.2, 0) is 27.2 Å². The first kappa shape index (κ1) is 20.6.